The zero-order valence-corrected chi connectivity index (χ0v) is 11.3. The largest absolute Gasteiger partial charge is 0.480 e. The van der Waals surface area contributed by atoms with Crippen molar-refractivity contribution >= 4 is 22.8 Å². The molecule has 20 heavy (non-hydrogen) atoms. The minimum Gasteiger partial charge on any atom is -0.480 e. The van der Waals surface area contributed by atoms with Crippen LogP contribution in [0.4, 0.5) is 0 Å². The van der Waals surface area contributed by atoms with Crippen molar-refractivity contribution in [1.29, 1.82) is 0 Å². The first-order chi connectivity index (χ1) is 9.50. The van der Waals surface area contributed by atoms with Crippen molar-refractivity contribution in [3.05, 3.63) is 42.1 Å². The summed E-state index contributed by atoms with van der Waals surface area (Å²) in [6.45, 7) is 3.51. The van der Waals surface area contributed by atoms with E-state index >= 15 is 0 Å². The zero-order chi connectivity index (χ0) is 14.7. The molecule has 2 N–H and O–H groups in total. The molecule has 1 atom stereocenters. The van der Waals surface area contributed by atoms with Gasteiger partial charge in [0, 0.05) is 17.1 Å². The van der Waals surface area contributed by atoms with E-state index in [2.05, 4.69) is 10.3 Å². The molecule has 1 heterocycles. The maximum atomic E-state index is 12.3. The number of nitrogens with one attached hydrogen (secondary N) is 1. The Morgan fingerprint density at radius 1 is 1.20 bits per heavy atom. The first-order valence-electron chi connectivity index (χ1n) is 6.38. The summed E-state index contributed by atoms with van der Waals surface area (Å²) in [5, 5.41) is 12.4. The van der Waals surface area contributed by atoms with Gasteiger partial charge in [0.15, 0.2) is 0 Å². The molecule has 2 aromatic rings. The number of fused-ring (bicyclic) bond motifs is 1. The Hall–Kier alpha value is -2.43. The fourth-order valence-corrected chi connectivity index (χ4v) is 2.03. The fraction of sp³-hybridized carbons (Fsp3) is 0.267. The first-order valence-corrected chi connectivity index (χ1v) is 6.38. The second-order valence-corrected chi connectivity index (χ2v) is 4.91. The minimum atomic E-state index is -1.04. The summed E-state index contributed by atoms with van der Waals surface area (Å²) in [5.74, 6) is -1.62. The second kappa shape index (κ2) is 5.69. The SMILES string of the molecule is CC(C)[C@H](NC(=O)c1cccc2ncccc12)C(=O)O. The van der Waals surface area contributed by atoms with Gasteiger partial charge in [-0.25, -0.2) is 4.79 Å². The van der Waals surface area contributed by atoms with Gasteiger partial charge < -0.3 is 10.4 Å². The van der Waals surface area contributed by atoms with Crippen LogP contribution in [0.3, 0.4) is 0 Å². The number of pyridine rings is 1. The highest BCUT2D eigenvalue weighted by Crippen LogP contribution is 2.16. The number of amides is 1. The van der Waals surface area contributed by atoms with Crippen LogP contribution in [0, 0.1) is 5.92 Å². The second-order valence-electron chi connectivity index (χ2n) is 4.91. The molecule has 0 saturated carbocycles. The molecule has 5 heteroatoms. The number of benzene rings is 1. The Labute approximate surface area is 116 Å². The Bertz CT molecular complexity index is 647. The molecule has 1 aromatic heterocycles. The highest BCUT2D eigenvalue weighted by Gasteiger charge is 2.24. The molecule has 0 aliphatic carbocycles. The lowest BCUT2D eigenvalue weighted by atomic mass is 10.0. The molecule has 1 aromatic carbocycles. The zero-order valence-electron chi connectivity index (χ0n) is 11.3. The Morgan fingerprint density at radius 3 is 2.60 bits per heavy atom. The normalized spacial score (nSPS) is 12.3. The van der Waals surface area contributed by atoms with E-state index in [1.165, 1.54) is 0 Å². The van der Waals surface area contributed by atoms with Crippen LogP contribution >= 0.6 is 0 Å². The van der Waals surface area contributed by atoms with Crippen molar-refractivity contribution < 1.29 is 14.7 Å². The smallest absolute Gasteiger partial charge is 0.326 e. The third-order valence-electron chi connectivity index (χ3n) is 3.11. The molecule has 0 aliphatic heterocycles. The van der Waals surface area contributed by atoms with E-state index in [0.717, 1.165) is 0 Å². The molecule has 0 bridgehead atoms. The number of rotatable bonds is 4. The van der Waals surface area contributed by atoms with Crippen LogP contribution in [0.25, 0.3) is 10.9 Å². The average molecular weight is 272 g/mol. The predicted octanol–water partition coefficient (Wildman–Crippen LogP) is 2.07. The van der Waals surface area contributed by atoms with Crippen LogP contribution in [0.1, 0.15) is 24.2 Å². The average Bonchev–Trinajstić information content (AvgIpc) is 2.43. The summed E-state index contributed by atoms with van der Waals surface area (Å²) >= 11 is 0. The molecule has 104 valence electrons. The third kappa shape index (κ3) is 2.77. The lowest BCUT2D eigenvalue weighted by Crippen LogP contribution is -2.44. The van der Waals surface area contributed by atoms with Gasteiger partial charge in [-0.15, -0.1) is 0 Å². The standard InChI is InChI=1S/C15H16N2O3/c1-9(2)13(15(19)20)17-14(18)11-5-3-7-12-10(11)6-4-8-16-12/h3-9,13H,1-2H3,(H,17,18)(H,19,20)/t13-/m0/s1. The first kappa shape index (κ1) is 14.0. The van der Waals surface area contributed by atoms with E-state index in [9.17, 15) is 9.59 Å². The highest BCUT2D eigenvalue weighted by atomic mass is 16.4. The van der Waals surface area contributed by atoms with Crippen LogP contribution in [0.15, 0.2) is 36.5 Å². The number of carboxylic acid groups (broad SMARTS) is 1. The molecule has 5 nitrogen and oxygen atoms in total. The fourth-order valence-electron chi connectivity index (χ4n) is 2.03. The molecule has 0 saturated heterocycles. The molecule has 0 radical (unpaired) electrons. The van der Waals surface area contributed by atoms with E-state index in [0.29, 0.717) is 16.5 Å². The number of hydrogen-bond acceptors (Lipinski definition) is 3. The summed E-state index contributed by atoms with van der Waals surface area (Å²) < 4.78 is 0. The van der Waals surface area contributed by atoms with Crippen LogP contribution in [0.2, 0.25) is 0 Å². The van der Waals surface area contributed by atoms with Gasteiger partial charge in [-0.1, -0.05) is 26.0 Å². The van der Waals surface area contributed by atoms with Crippen LogP contribution in [-0.2, 0) is 4.79 Å². The predicted molar refractivity (Wildman–Crippen MR) is 75.5 cm³/mol. The van der Waals surface area contributed by atoms with Crippen molar-refractivity contribution in [2.75, 3.05) is 0 Å². The van der Waals surface area contributed by atoms with Crippen molar-refractivity contribution in [3.63, 3.8) is 0 Å². The third-order valence-corrected chi connectivity index (χ3v) is 3.11. The number of hydrogen-bond donors (Lipinski definition) is 2. The summed E-state index contributed by atoms with van der Waals surface area (Å²) in [6, 6.07) is 7.84. The van der Waals surface area contributed by atoms with Gasteiger partial charge in [-0.05, 0) is 24.1 Å². The number of carboxylic acids is 1. The van der Waals surface area contributed by atoms with Gasteiger partial charge in [-0.2, -0.15) is 0 Å². The summed E-state index contributed by atoms with van der Waals surface area (Å²) in [6.07, 6.45) is 1.65. The minimum absolute atomic E-state index is 0.190. The molecule has 0 unspecified atom stereocenters. The van der Waals surface area contributed by atoms with Gasteiger partial charge in [0.2, 0.25) is 0 Å². The molecule has 0 fully saturated rings. The van der Waals surface area contributed by atoms with Gasteiger partial charge in [-0.3, -0.25) is 9.78 Å². The number of aromatic nitrogens is 1. The summed E-state index contributed by atoms with van der Waals surface area (Å²) in [7, 11) is 0. The van der Waals surface area contributed by atoms with Crippen LogP contribution in [0.5, 0.6) is 0 Å². The van der Waals surface area contributed by atoms with Crippen LogP contribution < -0.4 is 5.32 Å². The van der Waals surface area contributed by atoms with Gasteiger partial charge in [0.05, 0.1) is 5.52 Å². The number of carbonyl (C=O) groups is 2. The molecule has 0 spiro atoms. The Balaban J connectivity index is 2.34. The lowest BCUT2D eigenvalue weighted by Gasteiger charge is -2.18. The number of aliphatic carboxylic acids is 1. The maximum absolute atomic E-state index is 12.3. The monoisotopic (exact) mass is 272 g/mol. The van der Waals surface area contributed by atoms with Gasteiger partial charge in [0.1, 0.15) is 6.04 Å². The van der Waals surface area contributed by atoms with E-state index < -0.39 is 17.9 Å². The van der Waals surface area contributed by atoms with Crippen molar-refractivity contribution in [3.8, 4) is 0 Å². The van der Waals surface area contributed by atoms with Crippen molar-refractivity contribution in [2.45, 2.75) is 19.9 Å². The summed E-state index contributed by atoms with van der Waals surface area (Å²) in [5.41, 5.74) is 1.14. The van der Waals surface area contributed by atoms with Gasteiger partial charge in [0.25, 0.3) is 5.91 Å². The van der Waals surface area contributed by atoms with E-state index in [4.69, 9.17) is 5.11 Å². The number of nitrogens with zero attached hydrogens (tertiary/aromatic N) is 1. The van der Waals surface area contributed by atoms with Crippen LogP contribution in [-0.4, -0.2) is 28.0 Å². The van der Waals surface area contributed by atoms with E-state index in [-0.39, 0.29) is 5.92 Å². The quantitative estimate of drug-likeness (QED) is 0.893. The number of carbonyl (C=O) groups excluding carboxylic acids is 1. The summed E-state index contributed by atoms with van der Waals surface area (Å²) in [4.78, 5) is 27.6. The Kier molecular flexibility index (Phi) is 3.98. The van der Waals surface area contributed by atoms with Crippen molar-refractivity contribution in [1.82, 2.24) is 10.3 Å². The molecule has 0 aliphatic rings. The lowest BCUT2D eigenvalue weighted by molar-refractivity contribution is -0.140. The molecular formula is C15H16N2O3. The topological polar surface area (TPSA) is 79.3 Å². The molecule has 1 amide bonds. The Morgan fingerprint density at radius 2 is 1.95 bits per heavy atom. The van der Waals surface area contributed by atoms with Crippen molar-refractivity contribution in [2.24, 2.45) is 5.92 Å². The molecular weight excluding hydrogens is 256 g/mol. The van der Waals surface area contributed by atoms with E-state index in [1.807, 2.05) is 6.07 Å². The molecule has 2 rings (SSSR count). The van der Waals surface area contributed by atoms with E-state index in [1.54, 1.807) is 44.3 Å². The highest BCUT2D eigenvalue weighted by molar-refractivity contribution is 6.07. The maximum Gasteiger partial charge on any atom is 0.326 e. The van der Waals surface area contributed by atoms with Gasteiger partial charge >= 0.3 is 5.97 Å².